The van der Waals surface area contributed by atoms with Crippen molar-refractivity contribution in [2.24, 2.45) is 0 Å². The van der Waals surface area contributed by atoms with E-state index in [0.717, 1.165) is 42.7 Å². The van der Waals surface area contributed by atoms with Crippen molar-refractivity contribution in [2.45, 2.75) is 26.3 Å². The van der Waals surface area contributed by atoms with Crippen molar-refractivity contribution in [3.63, 3.8) is 0 Å². The second kappa shape index (κ2) is 5.13. The molecular formula is C18H18FN3. The first-order valence-electron chi connectivity index (χ1n) is 7.73. The predicted molar refractivity (Wildman–Crippen MR) is 86.6 cm³/mol. The summed E-state index contributed by atoms with van der Waals surface area (Å²) in [5, 5.41) is 1.12. The van der Waals surface area contributed by atoms with Gasteiger partial charge in [0, 0.05) is 47.9 Å². The van der Waals surface area contributed by atoms with Crippen LogP contribution in [0.25, 0.3) is 10.9 Å². The maximum atomic E-state index is 13.4. The van der Waals surface area contributed by atoms with Crippen LogP contribution in [0.4, 0.5) is 10.2 Å². The number of fused-ring (bicyclic) bond motifs is 3. The highest BCUT2D eigenvalue weighted by molar-refractivity contribution is 5.85. The van der Waals surface area contributed by atoms with Crippen LogP contribution in [0.1, 0.15) is 23.7 Å². The fraction of sp³-hybridized carbons (Fsp3) is 0.278. The number of hydrogen-bond donors (Lipinski definition) is 1. The molecule has 0 saturated heterocycles. The van der Waals surface area contributed by atoms with E-state index in [0.29, 0.717) is 0 Å². The van der Waals surface area contributed by atoms with Gasteiger partial charge in [0.05, 0.1) is 0 Å². The van der Waals surface area contributed by atoms with Gasteiger partial charge in [-0.05, 0) is 36.2 Å². The van der Waals surface area contributed by atoms with E-state index < -0.39 is 0 Å². The molecule has 4 rings (SSSR count). The number of H-pyrrole nitrogens is 1. The molecule has 0 spiro atoms. The van der Waals surface area contributed by atoms with E-state index >= 15 is 0 Å². The van der Waals surface area contributed by atoms with Gasteiger partial charge in [-0.15, -0.1) is 0 Å². The maximum absolute atomic E-state index is 13.4. The van der Waals surface area contributed by atoms with E-state index in [1.807, 2.05) is 12.3 Å². The van der Waals surface area contributed by atoms with Gasteiger partial charge >= 0.3 is 0 Å². The summed E-state index contributed by atoms with van der Waals surface area (Å²) in [6.45, 7) is 3.88. The first-order chi connectivity index (χ1) is 10.7. The molecule has 1 N–H and O–H groups in total. The third-order valence-electron chi connectivity index (χ3n) is 4.48. The molecule has 0 radical (unpaired) electrons. The molecule has 4 heteroatoms. The van der Waals surface area contributed by atoms with Gasteiger partial charge in [-0.2, -0.15) is 0 Å². The van der Waals surface area contributed by atoms with Crippen molar-refractivity contribution in [2.75, 3.05) is 11.4 Å². The van der Waals surface area contributed by atoms with Crippen molar-refractivity contribution in [1.82, 2.24) is 9.97 Å². The molecule has 2 aromatic heterocycles. The molecule has 1 aliphatic heterocycles. The first-order valence-corrected chi connectivity index (χ1v) is 7.73. The molecule has 1 aromatic carbocycles. The van der Waals surface area contributed by atoms with Crippen LogP contribution < -0.4 is 4.90 Å². The number of nitrogens with zero attached hydrogens (tertiary/aromatic N) is 2. The van der Waals surface area contributed by atoms with Crippen LogP contribution in [0.15, 0.2) is 36.5 Å². The Balaban J connectivity index is 1.69. The van der Waals surface area contributed by atoms with Gasteiger partial charge in [-0.1, -0.05) is 13.0 Å². The number of halogens is 1. The number of anilines is 1. The standard InChI is InChI=1S/C18H18FN3/c1-2-12-3-6-18(20-10-12)22-8-7-16-15(11-22)14-5-4-13(19)9-17(14)21-16/h3-6,9-10,21H,2,7-8,11H2,1H3. The van der Waals surface area contributed by atoms with Crippen LogP contribution in [0.3, 0.4) is 0 Å². The molecule has 0 unspecified atom stereocenters. The minimum Gasteiger partial charge on any atom is -0.358 e. The van der Waals surface area contributed by atoms with Crippen LogP contribution in [0.2, 0.25) is 0 Å². The first kappa shape index (κ1) is 13.3. The van der Waals surface area contributed by atoms with Crippen molar-refractivity contribution in [1.29, 1.82) is 0 Å². The lowest BCUT2D eigenvalue weighted by atomic mass is 10.0. The molecule has 3 nitrogen and oxygen atoms in total. The SMILES string of the molecule is CCc1ccc(N2CCc3[nH]c4cc(F)ccc4c3C2)nc1. The van der Waals surface area contributed by atoms with E-state index in [4.69, 9.17) is 0 Å². The number of nitrogens with one attached hydrogen (secondary N) is 1. The summed E-state index contributed by atoms with van der Waals surface area (Å²) >= 11 is 0. The fourth-order valence-corrected chi connectivity index (χ4v) is 3.20. The zero-order valence-corrected chi connectivity index (χ0v) is 12.6. The predicted octanol–water partition coefficient (Wildman–Crippen LogP) is 3.83. The Morgan fingerprint density at radius 3 is 2.95 bits per heavy atom. The summed E-state index contributed by atoms with van der Waals surface area (Å²) in [7, 11) is 0. The van der Waals surface area contributed by atoms with E-state index in [2.05, 4.69) is 33.9 Å². The van der Waals surface area contributed by atoms with Crippen LogP contribution >= 0.6 is 0 Å². The molecular weight excluding hydrogens is 277 g/mol. The summed E-state index contributed by atoms with van der Waals surface area (Å²) < 4.78 is 13.4. The lowest BCUT2D eigenvalue weighted by Crippen LogP contribution is -2.30. The Labute approximate surface area is 128 Å². The third-order valence-corrected chi connectivity index (χ3v) is 4.48. The highest BCUT2D eigenvalue weighted by Gasteiger charge is 2.21. The lowest BCUT2D eigenvalue weighted by molar-refractivity contribution is 0.629. The Bertz CT molecular complexity index is 820. The Morgan fingerprint density at radius 1 is 1.27 bits per heavy atom. The largest absolute Gasteiger partial charge is 0.358 e. The number of hydrogen-bond acceptors (Lipinski definition) is 2. The molecule has 0 fully saturated rings. The molecule has 1 aliphatic rings. The highest BCUT2D eigenvalue weighted by Crippen LogP contribution is 2.30. The monoisotopic (exact) mass is 295 g/mol. The Morgan fingerprint density at radius 2 is 2.18 bits per heavy atom. The van der Waals surface area contributed by atoms with Crippen LogP contribution in [-0.2, 0) is 19.4 Å². The molecule has 0 saturated carbocycles. The fourth-order valence-electron chi connectivity index (χ4n) is 3.20. The zero-order valence-electron chi connectivity index (χ0n) is 12.6. The quantitative estimate of drug-likeness (QED) is 0.779. The average molecular weight is 295 g/mol. The molecule has 0 amide bonds. The highest BCUT2D eigenvalue weighted by atomic mass is 19.1. The van der Waals surface area contributed by atoms with Gasteiger partial charge in [0.25, 0.3) is 0 Å². The molecule has 0 aliphatic carbocycles. The minimum atomic E-state index is -0.195. The van der Waals surface area contributed by atoms with Crippen LogP contribution in [0.5, 0.6) is 0 Å². The van der Waals surface area contributed by atoms with E-state index in [1.54, 1.807) is 6.07 Å². The summed E-state index contributed by atoms with van der Waals surface area (Å²) in [4.78, 5) is 10.2. The summed E-state index contributed by atoms with van der Waals surface area (Å²) in [6.07, 6.45) is 3.89. The van der Waals surface area contributed by atoms with Gasteiger partial charge < -0.3 is 9.88 Å². The Hall–Kier alpha value is -2.36. The maximum Gasteiger partial charge on any atom is 0.128 e. The van der Waals surface area contributed by atoms with Crippen LogP contribution in [0, 0.1) is 5.82 Å². The number of benzene rings is 1. The number of aryl methyl sites for hydroxylation is 1. The summed E-state index contributed by atoms with van der Waals surface area (Å²) in [5.74, 6) is 0.819. The molecule has 3 aromatic rings. The Kier molecular flexibility index (Phi) is 3.10. The van der Waals surface area contributed by atoms with Gasteiger partial charge in [-0.25, -0.2) is 9.37 Å². The van der Waals surface area contributed by atoms with Gasteiger partial charge in [0.15, 0.2) is 0 Å². The molecule has 0 bridgehead atoms. The lowest BCUT2D eigenvalue weighted by Gasteiger charge is -2.28. The van der Waals surface area contributed by atoms with Crippen molar-refractivity contribution >= 4 is 16.7 Å². The van der Waals surface area contributed by atoms with Crippen molar-refractivity contribution < 1.29 is 4.39 Å². The zero-order chi connectivity index (χ0) is 15.1. The van der Waals surface area contributed by atoms with Gasteiger partial charge in [0.1, 0.15) is 11.6 Å². The second-order valence-corrected chi connectivity index (χ2v) is 5.82. The number of pyridine rings is 1. The number of rotatable bonds is 2. The third kappa shape index (κ3) is 2.15. The summed E-state index contributed by atoms with van der Waals surface area (Å²) in [6, 6.07) is 9.22. The van der Waals surface area contributed by atoms with Crippen LogP contribution in [-0.4, -0.2) is 16.5 Å². The molecule has 3 heterocycles. The summed E-state index contributed by atoms with van der Waals surface area (Å²) in [5.41, 5.74) is 4.63. The van der Waals surface area contributed by atoms with Gasteiger partial charge in [-0.3, -0.25) is 0 Å². The average Bonchev–Trinajstić information content (AvgIpc) is 2.91. The number of aromatic nitrogens is 2. The minimum absolute atomic E-state index is 0.195. The van der Waals surface area contributed by atoms with Crippen molar-refractivity contribution in [3.05, 3.63) is 59.2 Å². The normalized spacial score (nSPS) is 14.4. The topological polar surface area (TPSA) is 31.9 Å². The van der Waals surface area contributed by atoms with Gasteiger partial charge in [0.2, 0.25) is 0 Å². The number of aromatic amines is 1. The van der Waals surface area contributed by atoms with Crippen molar-refractivity contribution in [3.8, 4) is 0 Å². The van der Waals surface area contributed by atoms with E-state index in [9.17, 15) is 4.39 Å². The molecule has 0 atom stereocenters. The molecule has 22 heavy (non-hydrogen) atoms. The second-order valence-electron chi connectivity index (χ2n) is 5.82. The smallest absolute Gasteiger partial charge is 0.128 e. The molecule has 112 valence electrons. The van der Waals surface area contributed by atoms with E-state index in [1.165, 1.54) is 22.9 Å². The van der Waals surface area contributed by atoms with E-state index in [-0.39, 0.29) is 5.82 Å².